The van der Waals surface area contributed by atoms with Gasteiger partial charge < -0.3 is 24.6 Å². The Labute approximate surface area is 147 Å². The highest BCUT2D eigenvalue weighted by Gasteiger charge is 2.45. The predicted molar refractivity (Wildman–Crippen MR) is 88.5 cm³/mol. The van der Waals surface area contributed by atoms with E-state index in [1.807, 2.05) is 0 Å². The van der Waals surface area contributed by atoms with Gasteiger partial charge in [-0.1, -0.05) is 0 Å². The Hall–Kier alpha value is -3.43. The Bertz CT molecular complexity index is 862. The number of furan rings is 1. The molecule has 0 atom stereocenters. The van der Waals surface area contributed by atoms with Crippen molar-refractivity contribution in [1.82, 2.24) is 10.3 Å². The predicted octanol–water partition coefficient (Wildman–Crippen LogP) is 1.40. The molecule has 0 fully saturated rings. The average Bonchev–Trinajstić information content (AvgIpc) is 3.10. The fourth-order valence-corrected chi connectivity index (χ4v) is 2.49. The van der Waals surface area contributed by atoms with Crippen LogP contribution in [0.5, 0.6) is 5.75 Å². The molecule has 10 nitrogen and oxygen atoms in total. The summed E-state index contributed by atoms with van der Waals surface area (Å²) in [6.07, 6.45) is 1.48. The lowest BCUT2D eigenvalue weighted by Gasteiger charge is -2.35. The minimum atomic E-state index is -1.23. The Balaban J connectivity index is 1.84. The summed E-state index contributed by atoms with van der Waals surface area (Å²) < 4.78 is 10.7. The summed E-state index contributed by atoms with van der Waals surface area (Å²) in [4.78, 5) is 40.1. The number of rotatable bonds is 5. The second-order valence-corrected chi connectivity index (χ2v) is 6.11. The molecule has 10 heteroatoms. The number of amides is 2. The molecule has 0 bridgehead atoms. The van der Waals surface area contributed by atoms with Gasteiger partial charge in [0.1, 0.15) is 12.3 Å². The Morgan fingerprint density at radius 1 is 1.38 bits per heavy atom. The third-order valence-electron chi connectivity index (χ3n) is 3.73. The zero-order valence-corrected chi connectivity index (χ0v) is 14.1. The van der Waals surface area contributed by atoms with E-state index in [0.29, 0.717) is 5.76 Å². The summed E-state index contributed by atoms with van der Waals surface area (Å²) >= 11 is 0. The summed E-state index contributed by atoms with van der Waals surface area (Å²) in [5.74, 6) is -0.740. The lowest BCUT2D eigenvalue weighted by Crippen LogP contribution is -2.55. The van der Waals surface area contributed by atoms with Crippen LogP contribution in [-0.2, 0) is 16.1 Å². The smallest absolute Gasteiger partial charge is 0.366 e. The molecule has 1 N–H and O–H groups in total. The van der Waals surface area contributed by atoms with E-state index in [1.165, 1.54) is 18.4 Å². The summed E-state index contributed by atoms with van der Waals surface area (Å²) in [5, 5.41) is 13.6. The molecule has 0 saturated heterocycles. The molecule has 2 amide bonds. The average molecular weight is 360 g/mol. The van der Waals surface area contributed by atoms with Crippen LogP contribution in [0.2, 0.25) is 0 Å². The number of carbonyl (C=O) groups excluding carboxylic acids is 2. The Morgan fingerprint density at radius 2 is 2.15 bits per heavy atom. The third-order valence-corrected chi connectivity index (χ3v) is 3.73. The normalized spacial score (nSPS) is 15.2. The summed E-state index contributed by atoms with van der Waals surface area (Å²) in [5.41, 5.74) is -1.23. The maximum absolute atomic E-state index is 12.7. The van der Waals surface area contributed by atoms with Gasteiger partial charge in [-0.25, -0.2) is 0 Å². The fourth-order valence-electron chi connectivity index (χ4n) is 2.49. The van der Waals surface area contributed by atoms with E-state index in [9.17, 15) is 19.7 Å². The molecule has 0 saturated carbocycles. The third kappa shape index (κ3) is 3.34. The minimum Gasteiger partial charge on any atom is -0.472 e. The van der Waals surface area contributed by atoms with E-state index in [0.717, 1.165) is 4.90 Å². The van der Waals surface area contributed by atoms with Gasteiger partial charge in [-0.15, -0.1) is 0 Å². The van der Waals surface area contributed by atoms with Crippen LogP contribution in [0.4, 0.5) is 11.6 Å². The van der Waals surface area contributed by atoms with Gasteiger partial charge in [0, 0.05) is 6.07 Å². The Kier molecular flexibility index (Phi) is 4.33. The van der Waals surface area contributed by atoms with E-state index in [4.69, 9.17) is 9.15 Å². The van der Waals surface area contributed by atoms with Crippen molar-refractivity contribution in [1.29, 1.82) is 0 Å². The first kappa shape index (κ1) is 17.4. The molecule has 1 aliphatic rings. The monoisotopic (exact) mass is 360 g/mol. The van der Waals surface area contributed by atoms with Gasteiger partial charge in [0.05, 0.1) is 12.8 Å². The molecule has 3 heterocycles. The second kappa shape index (κ2) is 6.47. The van der Waals surface area contributed by atoms with Crippen molar-refractivity contribution in [2.24, 2.45) is 0 Å². The number of nitrogens with one attached hydrogen (secondary N) is 1. The van der Waals surface area contributed by atoms with E-state index < -0.39 is 28.2 Å². The summed E-state index contributed by atoms with van der Waals surface area (Å²) in [6, 6.07) is 5.93. The number of hydrogen-bond donors (Lipinski definition) is 1. The highest BCUT2D eigenvalue weighted by atomic mass is 16.6. The zero-order chi connectivity index (χ0) is 18.9. The molecule has 2 aromatic heterocycles. The summed E-state index contributed by atoms with van der Waals surface area (Å²) in [6.45, 7) is 2.90. The molecular weight excluding hydrogens is 344 g/mol. The SMILES string of the molecule is CC1(C)Oc2ccc([N+](=O)[O-])nc2N(CC(=O)NCc2ccco2)C1=O. The van der Waals surface area contributed by atoms with Crippen LogP contribution in [0.3, 0.4) is 0 Å². The fraction of sp³-hybridized carbons (Fsp3) is 0.312. The number of hydrogen-bond acceptors (Lipinski definition) is 7. The molecule has 3 rings (SSSR count). The van der Waals surface area contributed by atoms with Crippen molar-refractivity contribution in [3.63, 3.8) is 0 Å². The minimum absolute atomic E-state index is 0.0586. The van der Waals surface area contributed by atoms with Crippen LogP contribution in [0.1, 0.15) is 19.6 Å². The van der Waals surface area contributed by atoms with Crippen molar-refractivity contribution in [3.05, 3.63) is 46.4 Å². The van der Waals surface area contributed by atoms with Gasteiger partial charge in [0.2, 0.25) is 5.91 Å². The van der Waals surface area contributed by atoms with Crippen molar-refractivity contribution >= 4 is 23.5 Å². The first-order valence-corrected chi connectivity index (χ1v) is 7.73. The standard InChI is InChI=1S/C16H16N4O6/c1-16(2)15(22)19(9-13(21)17-8-10-4-3-7-25-10)14-11(26-16)5-6-12(18-14)20(23)24/h3-7H,8-9H2,1-2H3,(H,17,21). The number of anilines is 1. The van der Waals surface area contributed by atoms with Gasteiger partial charge >= 0.3 is 5.82 Å². The quantitative estimate of drug-likeness (QED) is 0.630. The summed E-state index contributed by atoms with van der Waals surface area (Å²) in [7, 11) is 0. The van der Waals surface area contributed by atoms with Gasteiger partial charge in [-0.3, -0.25) is 14.5 Å². The molecule has 0 unspecified atom stereocenters. The molecule has 0 spiro atoms. The van der Waals surface area contributed by atoms with Crippen LogP contribution in [0.25, 0.3) is 0 Å². The van der Waals surface area contributed by atoms with Crippen LogP contribution in [0.15, 0.2) is 34.9 Å². The van der Waals surface area contributed by atoms with Crippen molar-refractivity contribution in [2.75, 3.05) is 11.4 Å². The second-order valence-electron chi connectivity index (χ2n) is 6.11. The van der Waals surface area contributed by atoms with Crippen molar-refractivity contribution in [3.8, 4) is 5.75 Å². The van der Waals surface area contributed by atoms with Crippen LogP contribution >= 0.6 is 0 Å². The number of nitrogens with zero attached hydrogens (tertiary/aromatic N) is 3. The number of fused-ring (bicyclic) bond motifs is 1. The Morgan fingerprint density at radius 3 is 2.81 bits per heavy atom. The molecule has 26 heavy (non-hydrogen) atoms. The van der Waals surface area contributed by atoms with E-state index >= 15 is 0 Å². The first-order valence-electron chi connectivity index (χ1n) is 7.73. The maximum Gasteiger partial charge on any atom is 0.366 e. The number of pyridine rings is 1. The van der Waals surface area contributed by atoms with E-state index in [-0.39, 0.29) is 24.7 Å². The molecule has 0 aliphatic carbocycles. The molecule has 2 aromatic rings. The van der Waals surface area contributed by atoms with E-state index in [1.54, 1.807) is 26.0 Å². The van der Waals surface area contributed by atoms with Crippen LogP contribution in [0, 0.1) is 10.1 Å². The molecule has 0 aromatic carbocycles. The lowest BCUT2D eigenvalue weighted by atomic mass is 10.1. The lowest BCUT2D eigenvalue weighted by molar-refractivity contribution is -0.389. The van der Waals surface area contributed by atoms with Gasteiger partial charge in [-0.05, 0) is 42.0 Å². The number of nitro groups is 1. The van der Waals surface area contributed by atoms with E-state index in [2.05, 4.69) is 10.3 Å². The van der Waals surface area contributed by atoms with Crippen LogP contribution in [-0.4, -0.2) is 33.9 Å². The van der Waals surface area contributed by atoms with Crippen LogP contribution < -0.4 is 15.0 Å². The highest BCUT2D eigenvalue weighted by Crippen LogP contribution is 2.37. The van der Waals surface area contributed by atoms with Crippen molar-refractivity contribution < 1.29 is 23.7 Å². The number of carbonyl (C=O) groups is 2. The van der Waals surface area contributed by atoms with Gasteiger partial charge in [0.25, 0.3) is 11.7 Å². The topological polar surface area (TPSA) is 128 Å². The zero-order valence-electron chi connectivity index (χ0n) is 14.1. The molecular formula is C16H16N4O6. The first-order chi connectivity index (χ1) is 12.3. The molecule has 1 aliphatic heterocycles. The number of aromatic nitrogens is 1. The maximum atomic E-state index is 12.7. The largest absolute Gasteiger partial charge is 0.472 e. The van der Waals surface area contributed by atoms with Gasteiger partial charge in [-0.2, -0.15) is 0 Å². The number of ether oxygens (including phenoxy) is 1. The molecule has 136 valence electrons. The van der Waals surface area contributed by atoms with Gasteiger partial charge in [0.15, 0.2) is 11.4 Å². The highest BCUT2D eigenvalue weighted by molar-refractivity contribution is 6.05. The molecule has 0 radical (unpaired) electrons. The van der Waals surface area contributed by atoms with Crippen molar-refractivity contribution in [2.45, 2.75) is 26.0 Å².